The van der Waals surface area contributed by atoms with Crippen LogP contribution in [0.4, 0.5) is 16.2 Å². The van der Waals surface area contributed by atoms with Crippen LogP contribution in [0, 0.1) is 0 Å². The van der Waals surface area contributed by atoms with Gasteiger partial charge in [0.1, 0.15) is 0 Å². The zero-order chi connectivity index (χ0) is 18.5. The summed E-state index contributed by atoms with van der Waals surface area (Å²) in [5, 5.41) is 3.83. The molecule has 1 aromatic carbocycles. The molecule has 142 valence electrons. The van der Waals surface area contributed by atoms with Crippen molar-refractivity contribution >= 4 is 29.2 Å². The molecule has 1 aromatic heterocycles. The number of hydrogen-bond donors (Lipinski definition) is 1. The molecule has 2 amide bonds. The van der Waals surface area contributed by atoms with E-state index in [-0.39, 0.29) is 6.03 Å². The van der Waals surface area contributed by atoms with E-state index in [2.05, 4.69) is 27.3 Å². The van der Waals surface area contributed by atoms with Gasteiger partial charge in [0, 0.05) is 54.4 Å². The van der Waals surface area contributed by atoms with E-state index in [1.54, 1.807) is 0 Å². The number of hydrogen-bond acceptors (Lipinski definition) is 4. The third-order valence-corrected chi connectivity index (χ3v) is 6.73. The Bertz CT molecular complexity index is 756. The zero-order valence-electron chi connectivity index (χ0n) is 15.5. The molecule has 5 nitrogen and oxygen atoms in total. The summed E-state index contributed by atoms with van der Waals surface area (Å²) in [5.74, 6) is 0. The fourth-order valence-electron chi connectivity index (χ4n) is 3.78. The molecule has 1 aliphatic heterocycles. The number of pyridine rings is 1. The maximum absolute atomic E-state index is 12.8. The second kappa shape index (κ2) is 8.65. The zero-order valence-corrected chi connectivity index (χ0v) is 16.3. The first-order valence-corrected chi connectivity index (χ1v) is 10.6. The number of urea groups is 1. The first-order chi connectivity index (χ1) is 13.3. The van der Waals surface area contributed by atoms with Crippen LogP contribution >= 0.6 is 11.8 Å². The molecular formula is C21H26N4OS. The van der Waals surface area contributed by atoms with Gasteiger partial charge < -0.3 is 15.1 Å². The van der Waals surface area contributed by atoms with E-state index in [1.165, 1.54) is 36.3 Å². The van der Waals surface area contributed by atoms with E-state index >= 15 is 0 Å². The van der Waals surface area contributed by atoms with Gasteiger partial charge in [-0.3, -0.25) is 4.98 Å². The van der Waals surface area contributed by atoms with Crippen LogP contribution in [0.15, 0.2) is 53.7 Å². The number of carbonyl (C=O) groups is 1. The molecule has 27 heavy (non-hydrogen) atoms. The number of aromatic nitrogens is 1. The van der Waals surface area contributed by atoms with Gasteiger partial charge in [-0.05, 0) is 37.1 Å². The number of piperazine rings is 1. The van der Waals surface area contributed by atoms with Gasteiger partial charge in [0.2, 0.25) is 0 Å². The topological polar surface area (TPSA) is 48.5 Å². The Hall–Kier alpha value is -2.21. The molecular weight excluding hydrogens is 356 g/mol. The lowest BCUT2D eigenvalue weighted by molar-refractivity contribution is 0.208. The summed E-state index contributed by atoms with van der Waals surface area (Å²) in [5.41, 5.74) is 2.11. The van der Waals surface area contributed by atoms with Gasteiger partial charge in [-0.2, -0.15) is 0 Å². The summed E-state index contributed by atoms with van der Waals surface area (Å²) in [7, 11) is 0. The number of benzene rings is 1. The van der Waals surface area contributed by atoms with E-state index < -0.39 is 0 Å². The Kier molecular flexibility index (Phi) is 5.82. The minimum atomic E-state index is 0.00357. The molecule has 2 heterocycles. The van der Waals surface area contributed by atoms with Crippen LogP contribution in [0.1, 0.15) is 25.7 Å². The first-order valence-electron chi connectivity index (χ1n) is 9.76. The minimum absolute atomic E-state index is 0.00357. The number of anilines is 2. The smallest absolute Gasteiger partial charge is 0.321 e. The van der Waals surface area contributed by atoms with Gasteiger partial charge in [0.05, 0.1) is 5.69 Å². The fourth-order valence-corrected chi connectivity index (χ4v) is 5.11. The molecule has 0 bridgehead atoms. The Morgan fingerprint density at radius 3 is 2.44 bits per heavy atom. The van der Waals surface area contributed by atoms with Crippen molar-refractivity contribution in [1.82, 2.24) is 9.88 Å². The van der Waals surface area contributed by atoms with Crippen LogP contribution in [0.3, 0.4) is 0 Å². The lowest BCUT2D eigenvalue weighted by Gasteiger charge is -2.36. The average molecular weight is 383 g/mol. The molecule has 6 heteroatoms. The summed E-state index contributed by atoms with van der Waals surface area (Å²) in [6.45, 7) is 3.14. The number of para-hydroxylation sites is 1. The number of nitrogens with one attached hydrogen (secondary N) is 1. The molecule has 0 atom stereocenters. The number of carbonyl (C=O) groups excluding carboxylic acids is 1. The molecule has 4 rings (SSSR count). The number of amides is 2. The molecule has 1 aliphatic carbocycles. The first kappa shape index (κ1) is 18.2. The SMILES string of the molecule is O=C(Nc1ccccc1SC1CCCC1)N1CCN(c2ccncc2)CC1. The van der Waals surface area contributed by atoms with E-state index in [9.17, 15) is 4.79 Å². The van der Waals surface area contributed by atoms with Gasteiger partial charge in [-0.15, -0.1) is 11.8 Å². The maximum Gasteiger partial charge on any atom is 0.321 e. The van der Waals surface area contributed by atoms with E-state index in [0.717, 1.165) is 31.9 Å². The average Bonchev–Trinajstić information content (AvgIpc) is 3.23. The van der Waals surface area contributed by atoms with Gasteiger partial charge in [0.25, 0.3) is 0 Å². The van der Waals surface area contributed by atoms with Gasteiger partial charge in [-0.25, -0.2) is 4.79 Å². The molecule has 2 fully saturated rings. The normalized spacial score (nSPS) is 17.9. The van der Waals surface area contributed by atoms with Crippen LogP contribution in [0.5, 0.6) is 0 Å². The van der Waals surface area contributed by atoms with E-state index in [0.29, 0.717) is 5.25 Å². The third kappa shape index (κ3) is 4.56. The van der Waals surface area contributed by atoms with Crippen molar-refractivity contribution in [2.24, 2.45) is 0 Å². The molecule has 0 unspecified atom stereocenters. The monoisotopic (exact) mass is 382 g/mol. The summed E-state index contributed by atoms with van der Waals surface area (Å²) in [6, 6.07) is 12.2. The largest absolute Gasteiger partial charge is 0.368 e. The minimum Gasteiger partial charge on any atom is -0.368 e. The van der Waals surface area contributed by atoms with Crippen molar-refractivity contribution in [3.05, 3.63) is 48.8 Å². The second-order valence-electron chi connectivity index (χ2n) is 7.13. The summed E-state index contributed by atoms with van der Waals surface area (Å²) in [4.78, 5) is 22.2. The molecule has 1 saturated carbocycles. The highest BCUT2D eigenvalue weighted by atomic mass is 32.2. The molecule has 1 saturated heterocycles. The van der Waals surface area contributed by atoms with E-state index in [1.807, 2.05) is 53.3 Å². The molecule has 0 radical (unpaired) electrons. The van der Waals surface area contributed by atoms with Crippen LogP contribution in [0.2, 0.25) is 0 Å². The van der Waals surface area contributed by atoms with Crippen molar-refractivity contribution < 1.29 is 4.79 Å². The second-order valence-corrected chi connectivity index (χ2v) is 8.47. The number of rotatable bonds is 4. The van der Waals surface area contributed by atoms with Crippen LogP contribution < -0.4 is 10.2 Å². The maximum atomic E-state index is 12.8. The summed E-state index contributed by atoms with van der Waals surface area (Å²) in [6.07, 6.45) is 8.84. The highest BCUT2D eigenvalue weighted by molar-refractivity contribution is 8.00. The predicted molar refractivity (Wildman–Crippen MR) is 112 cm³/mol. The van der Waals surface area contributed by atoms with Crippen LogP contribution in [-0.4, -0.2) is 47.3 Å². The summed E-state index contributed by atoms with van der Waals surface area (Å²) < 4.78 is 0. The molecule has 1 N–H and O–H groups in total. The molecule has 2 aromatic rings. The third-order valence-electron chi connectivity index (χ3n) is 5.32. The molecule has 0 spiro atoms. The number of nitrogens with zero attached hydrogens (tertiary/aromatic N) is 3. The quantitative estimate of drug-likeness (QED) is 0.847. The Labute approximate surface area is 165 Å². The Balaban J connectivity index is 1.34. The van der Waals surface area contributed by atoms with Crippen molar-refractivity contribution in [2.75, 3.05) is 36.4 Å². The van der Waals surface area contributed by atoms with Crippen LogP contribution in [-0.2, 0) is 0 Å². The van der Waals surface area contributed by atoms with Crippen molar-refractivity contribution in [2.45, 2.75) is 35.8 Å². The standard InChI is InChI=1S/C21H26N4OS/c26-21(25-15-13-24(14-16-25)17-9-11-22-12-10-17)23-19-7-3-4-8-20(19)27-18-5-1-2-6-18/h3-4,7-12,18H,1-2,5-6,13-16H2,(H,23,26). The highest BCUT2D eigenvalue weighted by Crippen LogP contribution is 2.38. The van der Waals surface area contributed by atoms with E-state index in [4.69, 9.17) is 0 Å². The Morgan fingerprint density at radius 1 is 1.00 bits per heavy atom. The fraction of sp³-hybridized carbons (Fsp3) is 0.429. The van der Waals surface area contributed by atoms with Crippen molar-refractivity contribution in [3.63, 3.8) is 0 Å². The highest BCUT2D eigenvalue weighted by Gasteiger charge is 2.23. The van der Waals surface area contributed by atoms with Gasteiger partial charge in [-0.1, -0.05) is 25.0 Å². The number of thioether (sulfide) groups is 1. The van der Waals surface area contributed by atoms with Crippen molar-refractivity contribution in [3.8, 4) is 0 Å². The van der Waals surface area contributed by atoms with Crippen LogP contribution in [0.25, 0.3) is 0 Å². The Morgan fingerprint density at radius 2 is 1.70 bits per heavy atom. The predicted octanol–water partition coefficient (Wildman–Crippen LogP) is 4.47. The van der Waals surface area contributed by atoms with Gasteiger partial charge in [0.15, 0.2) is 0 Å². The lowest BCUT2D eigenvalue weighted by Crippen LogP contribution is -2.50. The van der Waals surface area contributed by atoms with Gasteiger partial charge >= 0.3 is 6.03 Å². The summed E-state index contributed by atoms with van der Waals surface area (Å²) >= 11 is 1.92. The molecule has 2 aliphatic rings. The lowest BCUT2D eigenvalue weighted by atomic mass is 10.2. The van der Waals surface area contributed by atoms with Crippen molar-refractivity contribution in [1.29, 1.82) is 0 Å².